The summed E-state index contributed by atoms with van der Waals surface area (Å²) < 4.78 is 13.1. The van der Waals surface area contributed by atoms with Gasteiger partial charge in [-0.05, 0) is 41.0 Å². The molecule has 1 fully saturated rings. The maximum Gasteiger partial charge on any atom is 0.123 e. The molecular formula is C15H19Cl2FN2. The van der Waals surface area contributed by atoms with Crippen LogP contribution in [0.2, 0.25) is 0 Å². The van der Waals surface area contributed by atoms with E-state index in [-0.39, 0.29) is 30.6 Å². The first-order valence-electron chi connectivity index (χ1n) is 6.37. The molecule has 0 saturated carbocycles. The summed E-state index contributed by atoms with van der Waals surface area (Å²) in [7, 11) is 0. The van der Waals surface area contributed by atoms with Crippen LogP contribution in [-0.4, -0.2) is 24.0 Å². The quantitative estimate of drug-likeness (QED) is 0.920. The SMILES string of the molecule is Cl.Cl.N[C@@H]1CCN(Cc2ccc3cc(F)ccc3c2)C1. The first kappa shape index (κ1) is 17.2. The van der Waals surface area contributed by atoms with Gasteiger partial charge in [0.2, 0.25) is 0 Å². The lowest BCUT2D eigenvalue weighted by Crippen LogP contribution is -2.26. The maximum atomic E-state index is 13.1. The van der Waals surface area contributed by atoms with E-state index in [4.69, 9.17) is 5.73 Å². The number of fused-ring (bicyclic) bond motifs is 1. The number of nitrogens with two attached hydrogens (primary N) is 1. The van der Waals surface area contributed by atoms with Crippen molar-refractivity contribution in [2.75, 3.05) is 13.1 Å². The first-order valence-corrected chi connectivity index (χ1v) is 6.37. The van der Waals surface area contributed by atoms with Crippen molar-refractivity contribution in [2.45, 2.75) is 19.0 Å². The van der Waals surface area contributed by atoms with Gasteiger partial charge in [-0.25, -0.2) is 4.39 Å². The van der Waals surface area contributed by atoms with Crippen LogP contribution in [-0.2, 0) is 6.54 Å². The van der Waals surface area contributed by atoms with Crippen LogP contribution in [0, 0.1) is 5.82 Å². The molecule has 110 valence electrons. The van der Waals surface area contributed by atoms with Crippen molar-refractivity contribution in [1.29, 1.82) is 0 Å². The lowest BCUT2D eigenvalue weighted by molar-refractivity contribution is 0.327. The summed E-state index contributed by atoms with van der Waals surface area (Å²) in [5, 5.41) is 2.05. The number of hydrogen-bond acceptors (Lipinski definition) is 2. The summed E-state index contributed by atoms with van der Waals surface area (Å²) in [4.78, 5) is 2.37. The van der Waals surface area contributed by atoms with Gasteiger partial charge in [-0.2, -0.15) is 0 Å². The van der Waals surface area contributed by atoms with Gasteiger partial charge in [0.15, 0.2) is 0 Å². The van der Waals surface area contributed by atoms with Crippen LogP contribution < -0.4 is 5.73 Å². The van der Waals surface area contributed by atoms with E-state index < -0.39 is 0 Å². The van der Waals surface area contributed by atoms with Crippen LogP contribution >= 0.6 is 24.8 Å². The highest BCUT2D eigenvalue weighted by Crippen LogP contribution is 2.19. The fourth-order valence-corrected chi connectivity index (χ4v) is 2.63. The Morgan fingerprint density at radius 3 is 2.50 bits per heavy atom. The average Bonchev–Trinajstić information content (AvgIpc) is 2.75. The largest absolute Gasteiger partial charge is 0.326 e. The van der Waals surface area contributed by atoms with Crippen LogP contribution in [0.3, 0.4) is 0 Å². The molecule has 20 heavy (non-hydrogen) atoms. The monoisotopic (exact) mass is 316 g/mol. The molecule has 3 rings (SSSR count). The Labute approximate surface area is 131 Å². The molecule has 1 aliphatic heterocycles. The average molecular weight is 317 g/mol. The molecule has 0 amide bonds. The van der Waals surface area contributed by atoms with Crippen LogP contribution in [0.4, 0.5) is 4.39 Å². The third-order valence-corrected chi connectivity index (χ3v) is 3.58. The number of likely N-dealkylation sites (tertiary alicyclic amines) is 1. The third-order valence-electron chi connectivity index (χ3n) is 3.58. The third kappa shape index (κ3) is 3.83. The van der Waals surface area contributed by atoms with Crippen LogP contribution in [0.5, 0.6) is 0 Å². The minimum absolute atomic E-state index is 0. The van der Waals surface area contributed by atoms with Crippen molar-refractivity contribution in [3.8, 4) is 0 Å². The van der Waals surface area contributed by atoms with Crippen molar-refractivity contribution >= 4 is 35.6 Å². The Hall–Kier alpha value is -0.870. The van der Waals surface area contributed by atoms with E-state index in [1.54, 1.807) is 6.07 Å². The maximum absolute atomic E-state index is 13.1. The van der Waals surface area contributed by atoms with Crippen molar-refractivity contribution < 1.29 is 4.39 Å². The Morgan fingerprint density at radius 1 is 1.10 bits per heavy atom. The number of halogens is 3. The van der Waals surface area contributed by atoms with Crippen molar-refractivity contribution in [3.05, 3.63) is 47.8 Å². The summed E-state index contributed by atoms with van der Waals surface area (Å²) in [6.45, 7) is 2.98. The molecule has 2 nitrogen and oxygen atoms in total. The Kier molecular flexibility index (Phi) is 6.21. The number of nitrogens with zero attached hydrogens (tertiary/aromatic N) is 1. The molecule has 0 bridgehead atoms. The molecule has 1 heterocycles. The van der Waals surface area contributed by atoms with Gasteiger partial charge in [0.1, 0.15) is 5.82 Å². The molecule has 0 radical (unpaired) electrons. The second-order valence-corrected chi connectivity index (χ2v) is 5.11. The van der Waals surface area contributed by atoms with Crippen LogP contribution in [0.1, 0.15) is 12.0 Å². The lowest BCUT2D eigenvalue weighted by Gasteiger charge is -2.15. The highest BCUT2D eigenvalue weighted by Gasteiger charge is 2.18. The van der Waals surface area contributed by atoms with Crippen molar-refractivity contribution in [2.24, 2.45) is 5.73 Å². The van der Waals surface area contributed by atoms with E-state index in [2.05, 4.69) is 17.0 Å². The Bertz CT molecular complexity index is 577. The predicted octanol–water partition coefficient (Wildman–Crippen LogP) is 3.36. The molecule has 2 aromatic rings. The molecule has 0 aromatic heterocycles. The number of hydrogen-bond donors (Lipinski definition) is 1. The summed E-state index contributed by atoms with van der Waals surface area (Å²) in [5.74, 6) is -0.180. The zero-order valence-electron chi connectivity index (χ0n) is 11.1. The molecular weight excluding hydrogens is 298 g/mol. The van der Waals surface area contributed by atoms with Crippen LogP contribution in [0.25, 0.3) is 10.8 Å². The molecule has 0 unspecified atom stereocenters. The van der Waals surface area contributed by atoms with E-state index in [9.17, 15) is 4.39 Å². The molecule has 2 N–H and O–H groups in total. The number of benzene rings is 2. The van der Waals surface area contributed by atoms with E-state index >= 15 is 0 Å². The zero-order chi connectivity index (χ0) is 12.5. The van der Waals surface area contributed by atoms with Gasteiger partial charge in [0, 0.05) is 25.7 Å². The first-order chi connectivity index (χ1) is 8.70. The van der Waals surface area contributed by atoms with E-state index in [1.807, 2.05) is 12.1 Å². The van der Waals surface area contributed by atoms with Gasteiger partial charge in [0.25, 0.3) is 0 Å². The second kappa shape index (κ2) is 7.23. The molecule has 1 saturated heterocycles. The van der Waals surface area contributed by atoms with Gasteiger partial charge in [-0.3, -0.25) is 4.90 Å². The van der Waals surface area contributed by atoms with Crippen molar-refractivity contribution in [3.63, 3.8) is 0 Å². The molecule has 5 heteroatoms. The molecule has 0 aliphatic carbocycles. The number of rotatable bonds is 2. The van der Waals surface area contributed by atoms with E-state index in [0.717, 1.165) is 36.8 Å². The Balaban J connectivity index is 0.000001000. The molecule has 0 spiro atoms. The van der Waals surface area contributed by atoms with E-state index in [1.165, 1.54) is 11.6 Å². The van der Waals surface area contributed by atoms with Gasteiger partial charge in [-0.1, -0.05) is 18.2 Å². The normalized spacial score (nSPS) is 18.6. The van der Waals surface area contributed by atoms with Gasteiger partial charge < -0.3 is 5.73 Å². The van der Waals surface area contributed by atoms with Gasteiger partial charge in [-0.15, -0.1) is 24.8 Å². The minimum atomic E-state index is -0.180. The zero-order valence-corrected chi connectivity index (χ0v) is 12.7. The summed E-state index contributed by atoms with van der Waals surface area (Å²) >= 11 is 0. The summed E-state index contributed by atoms with van der Waals surface area (Å²) in [6, 6.07) is 11.4. The van der Waals surface area contributed by atoms with Crippen LogP contribution in [0.15, 0.2) is 36.4 Å². The van der Waals surface area contributed by atoms with Crippen molar-refractivity contribution in [1.82, 2.24) is 4.90 Å². The molecule has 2 aromatic carbocycles. The summed E-state index contributed by atoms with van der Waals surface area (Å²) in [6.07, 6.45) is 1.08. The lowest BCUT2D eigenvalue weighted by atomic mass is 10.1. The highest BCUT2D eigenvalue weighted by molar-refractivity contribution is 5.85. The smallest absolute Gasteiger partial charge is 0.123 e. The topological polar surface area (TPSA) is 29.3 Å². The summed E-state index contributed by atoms with van der Waals surface area (Å²) in [5.41, 5.74) is 7.17. The minimum Gasteiger partial charge on any atom is -0.326 e. The molecule has 1 aliphatic rings. The fraction of sp³-hybridized carbons (Fsp3) is 0.333. The fourth-order valence-electron chi connectivity index (χ4n) is 2.63. The molecule has 1 atom stereocenters. The van der Waals surface area contributed by atoms with E-state index in [0.29, 0.717) is 6.04 Å². The van der Waals surface area contributed by atoms with Gasteiger partial charge >= 0.3 is 0 Å². The second-order valence-electron chi connectivity index (χ2n) is 5.11. The van der Waals surface area contributed by atoms with Gasteiger partial charge in [0.05, 0.1) is 0 Å². The highest BCUT2D eigenvalue weighted by atomic mass is 35.5. The predicted molar refractivity (Wildman–Crippen MR) is 86.3 cm³/mol. The standard InChI is InChI=1S/C15H17FN2.2ClH/c16-14-4-3-12-7-11(1-2-13(12)8-14)9-18-6-5-15(17)10-18;;/h1-4,7-8,15H,5-6,9-10,17H2;2*1H/t15-;;/m1../s1. The Morgan fingerprint density at radius 2 is 1.80 bits per heavy atom.